The molecule has 2 N–H and O–H groups in total. The van der Waals surface area contributed by atoms with Crippen LogP contribution in [0.5, 0.6) is 0 Å². The fraction of sp³-hybridized carbons (Fsp3) is 0.552. The molecule has 0 bridgehead atoms. The normalized spacial score (nSPS) is 36.8. The predicted octanol–water partition coefficient (Wildman–Crippen LogP) is 4.78. The minimum atomic E-state index is 0.0524. The molecule has 0 spiro atoms. The molecule has 188 valence electrons. The fourth-order valence-electron chi connectivity index (χ4n) is 8.26. The summed E-state index contributed by atoms with van der Waals surface area (Å²) in [4.78, 5) is 37.9. The summed E-state index contributed by atoms with van der Waals surface area (Å²) >= 11 is 0. The van der Waals surface area contributed by atoms with Crippen molar-refractivity contribution in [3.63, 3.8) is 0 Å². The molecule has 36 heavy (non-hydrogen) atoms. The van der Waals surface area contributed by atoms with E-state index in [1.54, 1.807) is 30.9 Å². The largest absolute Gasteiger partial charge is 0.349 e. The van der Waals surface area contributed by atoms with Gasteiger partial charge in [-0.2, -0.15) is 0 Å². The van der Waals surface area contributed by atoms with Crippen molar-refractivity contribution in [2.45, 2.75) is 64.8 Å². The maximum absolute atomic E-state index is 13.1. The number of aromatic nitrogens is 3. The van der Waals surface area contributed by atoms with Crippen LogP contribution in [0.4, 0.5) is 5.82 Å². The number of pyridine rings is 1. The van der Waals surface area contributed by atoms with Gasteiger partial charge in [-0.05, 0) is 85.8 Å². The van der Waals surface area contributed by atoms with Gasteiger partial charge in [-0.3, -0.25) is 19.6 Å². The highest BCUT2D eigenvalue weighted by molar-refractivity contribution is 5.90. The molecule has 4 aliphatic rings. The first-order valence-corrected chi connectivity index (χ1v) is 13.4. The number of carbonyl (C=O) groups is 2. The smallest absolute Gasteiger partial charge is 0.243 e. The molecule has 3 aliphatic carbocycles. The van der Waals surface area contributed by atoms with Crippen LogP contribution in [0.3, 0.4) is 0 Å². The Morgan fingerprint density at radius 2 is 1.94 bits per heavy atom. The van der Waals surface area contributed by atoms with E-state index in [1.807, 2.05) is 12.1 Å². The second kappa shape index (κ2) is 8.79. The summed E-state index contributed by atoms with van der Waals surface area (Å²) in [5.74, 6) is 3.02. The Morgan fingerprint density at radius 1 is 1.06 bits per heavy atom. The fourth-order valence-corrected chi connectivity index (χ4v) is 8.26. The Labute approximate surface area is 212 Å². The van der Waals surface area contributed by atoms with E-state index in [0.29, 0.717) is 35.9 Å². The van der Waals surface area contributed by atoms with Gasteiger partial charge in [-0.15, -0.1) is 0 Å². The third-order valence-corrected chi connectivity index (χ3v) is 10.2. The number of nitrogens with zero attached hydrogens (tertiary/aromatic N) is 3. The Balaban J connectivity index is 1.12. The van der Waals surface area contributed by atoms with Crippen molar-refractivity contribution in [2.24, 2.45) is 34.5 Å². The average Bonchev–Trinajstić information content (AvgIpc) is 3.21. The zero-order valence-corrected chi connectivity index (χ0v) is 21.1. The van der Waals surface area contributed by atoms with Crippen molar-refractivity contribution < 1.29 is 9.59 Å². The number of carbonyl (C=O) groups excluding carboxylic acids is 2. The Bertz CT molecular complexity index is 1180. The molecular weight excluding hydrogens is 450 g/mol. The Kier molecular flexibility index (Phi) is 5.69. The van der Waals surface area contributed by atoms with Gasteiger partial charge in [0, 0.05) is 42.0 Å². The van der Waals surface area contributed by atoms with Crippen LogP contribution in [0.1, 0.15) is 58.8 Å². The maximum Gasteiger partial charge on any atom is 0.243 e. The molecule has 0 saturated heterocycles. The highest BCUT2D eigenvalue weighted by Gasteiger charge is 2.59. The molecule has 3 heterocycles. The molecule has 0 aromatic carbocycles. The number of amides is 2. The topological polar surface area (TPSA) is 96.9 Å². The van der Waals surface area contributed by atoms with Crippen LogP contribution in [0.15, 0.2) is 49.1 Å². The van der Waals surface area contributed by atoms with Gasteiger partial charge in [0.2, 0.25) is 11.8 Å². The molecule has 3 saturated carbocycles. The Morgan fingerprint density at radius 3 is 2.72 bits per heavy atom. The first-order chi connectivity index (χ1) is 17.4. The van der Waals surface area contributed by atoms with Gasteiger partial charge in [0.25, 0.3) is 0 Å². The van der Waals surface area contributed by atoms with E-state index in [1.165, 1.54) is 19.3 Å². The predicted molar refractivity (Wildman–Crippen MR) is 137 cm³/mol. The summed E-state index contributed by atoms with van der Waals surface area (Å²) in [6.45, 7) is 4.80. The van der Waals surface area contributed by atoms with Crippen molar-refractivity contribution in [1.82, 2.24) is 20.3 Å². The highest BCUT2D eigenvalue weighted by atomic mass is 16.2. The number of rotatable bonds is 4. The third kappa shape index (κ3) is 3.84. The van der Waals surface area contributed by atoms with E-state index in [0.717, 1.165) is 30.5 Å². The molecule has 7 nitrogen and oxygen atoms in total. The van der Waals surface area contributed by atoms with Crippen LogP contribution in [-0.4, -0.2) is 32.8 Å². The van der Waals surface area contributed by atoms with Crippen molar-refractivity contribution in [1.29, 1.82) is 0 Å². The van der Waals surface area contributed by atoms with Crippen molar-refractivity contribution in [3.05, 3.63) is 49.1 Å². The highest BCUT2D eigenvalue weighted by Crippen LogP contribution is 2.65. The molecule has 1 aliphatic heterocycles. The summed E-state index contributed by atoms with van der Waals surface area (Å²) in [5, 5.41) is 6.27. The molecule has 0 unspecified atom stereocenters. The number of anilines is 1. The summed E-state index contributed by atoms with van der Waals surface area (Å²) < 4.78 is 0. The van der Waals surface area contributed by atoms with Crippen LogP contribution in [0.25, 0.3) is 11.3 Å². The third-order valence-electron chi connectivity index (χ3n) is 10.2. The zero-order chi connectivity index (χ0) is 24.9. The lowest BCUT2D eigenvalue weighted by molar-refractivity contribution is -0.123. The Hall–Kier alpha value is -3.09. The van der Waals surface area contributed by atoms with Gasteiger partial charge in [0.05, 0.1) is 11.9 Å². The summed E-state index contributed by atoms with van der Waals surface area (Å²) in [7, 11) is 0. The summed E-state index contributed by atoms with van der Waals surface area (Å²) in [6.07, 6.45) is 18.1. The summed E-state index contributed by atoms with van der Waals surface area (Å²) in [6, 6.07) is 4.01. The number of hydrogen-bond donors (Lipinski definition) is 2. The molecule has 2 amide bonds. The van der Waals surface area contributed by atoms with Crippen LogP contribution in [0, 0.1) is 34.5 Å². The van der Waals surface area contributed by atoms with Gasteiger partial charge in [-0.1, -0.05) is 19.9 Å². The lowest BCUT2D eigenvalue weighted by atomic mass is 9.48. The van der Waals surface area contributed by atoms with Gasteiger partial charge < -0.3 is 10.6 Å². The number of hydrogen-bond acceptors (Lipinski definition) is 5. The SMILES string of the molecule is C[C@]12C=CC(=O)N[C@@H]1CC[C@@H]1[C@@H]2CC[C@]2(C)[C@@H](CC(=O)Nc3ccc(-c4cnccn4)cn3)CC[C@@H]12. The maximum atomic E-state index is 13.1. The van der Waals surface area contributed by atoms with Crippen LogP contribution >= 0.6 is 0 Å². The molecule has 0 radical (unpaired) electrons. The molecule has 2 aromatic heterocycles. The van der Waals surface area contributed by atoms with Crippen molar-refractivity contribution in [2.75, 3.05) is 5.32 Å². The first-order valence-electron chi connectivity index (χ1n) is 13.4. The van der Waals surface area contributed by atoms with Crippen molar-refractivity contribution in [3.8, 4) is 11.3 Å². The minimum absolute atomic E-state index is 0.0524. The molecular formula is C29H35N5O2. The van der Waals surface area contributed by atoms with E-state index < -0.39 is 0 Å². The van der Waals surface area contributed by atoms with E-state index >= 15 is 0 Å². The van der Waals surface area contributed by atoms with Gasteiger partial charge in [0.15, 0.2) is 0 Å². The standard InChI is InChI=1S/C29H35N5O2/c1-28-11-9-22-20(5-7-24-29(22,2)12-10-26(35)33-24)21(28)6-4-19(28)15-27(36)34-25-8-3-18(16-32-25)23-17-30-13-14-31-23/h3,8,10,12-14,16-17,19-22,24H,4-7,9,11,15H2,1-2H3,(H,33,35)(H,32,34,36)/t19-,20+,21+,22+,24-,28-,29-/m1/s1. The van der Waals surface area contributed by atoms with Gasteiger partial charge in [0.1, 0.15) is 5.82 Å². The lowest BCUT2D eigenvalue weighted by Crippen LogP contribution is -2.59. The van der Waals surface area contributed by atoms with E-state index in [4.69, 9.17) is 0 Å². The van der Waals surface area contributed by atoms with E-state index in [-0.39, 0.29) is 28.7 Å². The first kappa shape index (κ1) is 23.3. The van der Waals surface area contributed by atoms with Crippen LogP contribution in [0.2, 0.25) is 0 Å². The molecule has 7 heteroatoms. The monoisotopic (exact) mass is 485 g/mol. The lowest BCUT2D eigenvalue weighted by Gasteiger charge is -2.59. The molecule has 3 fully saturated rings. The minimum Gasteiger partial charge on any atom is -0.349 e. The molecule has 6 rings (SSSR count). The number of nitrogens with one attached hydrogen (secondary N) is 2. The van der Waals surface area contributed by atoms with Gasteiger partial charge in [-0.25, -0.2) is 4.98 Å². The quantitative estimate of drug-likeness (QED) is 0.650. The van der Waals surface area contributed by atoms with Gasteiger partial charge >= 0.3 is 0 Å². The van der Waals surface area contributed by atoms with E-state index in [2.05, 4.69) is 45.5 Å². The second-order valence-corrected chi connectivity index (χ2v) is 11.8. The zero-order valence-electron chi connectivity index (χ0n) is 21.1. The van der Waals surface area contributed by atoms with Crippen molar-refractivity contribution >= 4 is 17.6 Å². The number of fused-ring (bicyclic) bond motifs is 5. The summed E-state index contributed by atoms with van der Waals surface area (Å²) in [5.41, 5.74) is 1.89. The molecule has 2 aromatic rings. The average molecular weight is 486 g/mol. The van der Waals surface area contributed by atoms with Crippen LogP contribution < -0.4 is 10.6 Å². The second-order valence-electron chi connectivity index (χ2n) is 11.8. The van der Waals surface area contributed by atoms with E-state index in [9.17, 15) is 9.59 Å². The van der Waals surface area contributed by atoms with Crippen LogP contribution in [-0.2, 0) is 9.59 Å². The molecule has 7 atom stereocenters.